The third-order valence-electron chi connectivity index (χ3n) is 6.82. The van der Waals surface area contributed by atoms with E-state index in [2.05, 4.69) is 18.8 Å². The fraction of sp³-hybridized carbons (Fsp3) is 0.367. The molecule has 36 heavy (non-hydrogen) atoms. The molecule has 0 aromatic heterocycles. The summed E-state index contributed by atoms with van der Waals surface area (Å²) in [6.07, 6.45) is 9.25. The topological polar surface area (TPSA) is 26.3 Å². The van der Waals surface area contributed by atoms with Gasteiger partial charge in [-0.05, 0) is 73.4 Å². The fourth-order valence-electron chi connectivity index (χ4n) is 4.77. The SMILES string of the molecule is CCCCCC1CCC(C#Cc2cc(F)c(C(=O)Oc3ccc4c(F)c(F)ccc4c3)c(F)c2)CC1. The summed E-state index contributed by atoms with van der Waals surface area (Å²) < 4.78 is 61.7. The Morgan fingerprint density at radius 2 is 1.64 bits per heavy atom. The van der Waals surface area contributed by atoms with Gasteiger partial charge in [-0.3, -0.25) is 0 Å². The second-order valence-electron chi connectivity index (χ2n) is 9.43. The first-order valence-electron chi connectivity index (χ1n) is 12.5. The lowest BCUT2D eigenvalue weighted by molar-refractivity contribution is 0.0725. The number of carbonyl (C=O) groups is 1. The van der Waals surface area contributed by atoms with Crippen LogP contribution in [0.5, 0.6) is 5.75 Å². The van der Waals surface area contributed by atoms with E-state index >= 15 is 0 Å². The Bertz CT molecular complexity index is 1290. The average Bonchev–Trinajstić information content (AvgIpc) is 2.85. The zero-order chi connectivity index (χ0) is 25.7. The van der Waals surface area contributed by atoms with Crippen molar-refractivity contribution in [2.45, 2.75) is 58.3 Å². The molecule has 3 aromatic carbocycles. The summed E-state index contributed by atoms with van der Waals surface area (Å²) in [4.78, 5) is 12.5. The van der Waals surface area contributed by atoms with Crippen LogP contribution in [0, 0.1) is 46.9 Å². The summed E-state index contributed by atoms with van der Waals surface area (Å²) in [5.41, 5.74) is -0.673. The molecule has 0 aliphatic heterocycles. The van der Waals surface area contributed by atoms with Crippen molar-refractivity contribution in [3.05, 3.63) is 76.9 Å². The van der Waals surface area contributed by atoms with Crippen molar-refractivity contribution in [2.24, 2.45) is 11.8 Å². The number of hydrogen-bond acceptors (Lipinski definition) is 2. The van der Waals surface area contributed by atoms with Gasteiger partial charge in [0.15, 0.2) is 11.6 Å². The molecule has 4 rings (SSSR count). The first kappa shape index (κ1) is 25.8. The van der Waals surface area contributed by atoms with Crippen LogP contribution in [0.1, 0.15) is 74.2 Å². The van der Waals surface area contributed by atoms with Crippen molar-refractivity contribution in [3.63, 3.8) is 0 Å². The highest BCUT2D eigenvalue weighted by Gasteiger charge is 2.22. The maximum Gasteiger partial charge on any atom is 0.349 e. The van der Waals surface area contributed by atoms with E-state index in [9.17, 15) is 22.4 Å². The molecule has 1 saturated carbocycles. The van der Waals surface area contributed by atoms with Crippen molar-refractivity contribution in [2.75, 3.05) is 0 Å². The number of carbonyl (C=O) groups excluding carboxylic acids is 1. The summed E-state index contributed by atoms with van der Waals surface area (Å²) in [5, 5.41) is 0.279. The Labute approximate surface area is 208 Å². The van der Waals surface area contributed by atoms with Gasteiger partial charge >= 0.3 is 5.97 Å². The fourth-order valence-corrected chi connectivity index (χ4v) is 4.77. The lowest BCUT2D eigenvalue weighted by Crippen LogP contribution is -2.14. The van der Waals surface area contributed by atoms with Gasteiger partial charge in [0.25, 0.3) is 0 Å². The summed E-state index contributed by atoms with van der Waals surface area (Å²) in [7, 11) is 0. The van der Waals surface area contributed by atoms with Crippen LogP contribution in [-0.2, 0) is 0 Å². The highest BCUT2D eigenvalue weighted by atomic mass is 19.2. The normalized spacial score (nSPS) is 17.5. The van der Waals surface area contributed by atoms with Gasteiger partial charge < -0.3 is 4.74 Å². The van der Waals surface area contributed by atoms with E-state index in [1.54, 1.807) is 0 Å². The van der Waals surface area contributed by atoms with Crippen LogP contribution in [0.15, 0.2) is 42.5 Å². The predicted molar refractivity (Wildman–Crippen MR) is 132 cm³/mol. The predicted octanol–water partition coefficient (Wildman–Crippen LogP) is 8.35. The lowest BCUT2D eigenvalue weighted by atomic mass is 9.80. The minimum absolute atomic E-state index is 0.0000621. The monoisotopic (exact) mass is 496 g/mol. The Balaban J connectivity index is 1.42. The average molecular weight is 497 g/mol. The molecule has 0 spiro atoms. The van der Waals surface area contributed by atoms with E-state index in [4.69, 9.17) is 4.74 Å². The number of benzene rings is 3. The molecule has 3 aromatic rings. The zero-order valence-electron chi connectivity index (χ0n) is 20.2. The van der Waals surface area contributed by atoms with Crippen LogP contribution in [0.25, 0.3) is 10.8 Å². The van der Waals surface area contributed by atoms with Crippen LogP contribution in [0.2, 0.25) is 0 Å². The van der Waals surface area contributed by atoms with Crippen molar-refractivity contribution in [3.8, 4) is 17.6 Å². The highest BCUT2D eigenvalue weighted by molar-refractivity contribution is 5.93. The van der Waals surface area contributed by atoms with Gasteiger partial charge in [0, 0.05) is 16.9 Å². The van der Waals surface area contributed by atoms with Crippen molar-refractivity contribution in [1.29, 1.82) is 0 Å². The number of halogens is 4. The molecule has 1 fully saturated rings. The van der Waals surface area contributed by atoms with Crippen molar-refractivity contribution < 1.29 is 27.1 Å². The number of hydrogen-bond donors (Lipinski definition) is 0. The minimum atomic E-state index is -1.23. The molecule has 0 atom stereocenters. The molecule has 6 heteroatoms. The Kier molecular flexibility index (Phi) is 8.30. The van der Waals surface area contributed by atoms with Crippen LogP contribution in [-0.4, -0.2) is 5.97 Å². The largest absolute Gasteiger partial charge is 0.423 e. The molecule has 0 N–H and O–H groups in total. The zero-order valence-corrected chi connectivity index (χ0v) is 20.2. The standard InChI is InChI=1S/C30H28F4O2/c1-2-3-4-5-19-6-8-20(9-7-19)10-11-21-16-26(32)28(27(33)17-21)30(35)36-23-13-14-24-22(18-23)12-15-25(31)29(24)34/h12-20H,2-9H2,1H3. The van der Waals surface area contributed by atoms with E-state index < -0.39 is 34.8 Å². The summed E-state index contributed by atoms with van der Waals surface area (Å²) in [6.45, 7) is 2.20. The van der Waals surface area contributed by atoms with Crippen molar-refractivity contribution in [1.82, 2.24) is 0 Å². The summed E-state index contributed by atoms with van der Waals surface area (Å²) >= 11 is 0. The van der Waals surface area contributed by atoms with E-state index in [1.165, 1.54) is 49.9 Å². The number of rotatable bonds is 6. The summed E-state index contributed by atoms with van der Waals surface area (Å²) in [6, 6.07) is 8.09. The second kappa shape index (κ2) is 11.6. The number of fused-ring (bicyclic) bond motifs is 1. The van der Waals surface area contributed by atoms with Gasteiger partial charge in [-0.15, -0.1) is 0 Å². The van der Waals surface area contributed by atoms with Crippen LogP contribution in [0.4, 0.5) is 17.6 Å². The molecule has 0 radical (unpaired) electrons. The van der Waals surface area contributed by atoms with Crippen LogP contribution >= 0.6 is 0 Å². The maximum absolute atomic E-state index is 14.7. The Morgan fingerprint density at radius 1 is 0.917 bits per heavy atom. The third-order valence-corrected chi connectivity index (χ3v) is 6.82. The van der Waals surface area contributed by atoms with Gasteiger partial charge in [-0.25, -0.2) is 22.4 Å². The van der Waals surface area contributed by atoms with Gasteiger partial charge in [0.1, 0.15) is 22.9 Å². The Morgan fingerprint density at radius 3 is 2.33 bits per heavy atom. The molecule has 1 aliphatic rings. The van der Waals surface area contributed by atoms with E-state index in [-0.39, 0.29) is 28.0 Å². The van der Waals surface area contributed by atoms with E-state index in [0.717, 1.165) is 49.8 Å². The molecule has 2 nitrogen and oxygen atoms in total. The van der Waals surface area contributed by atoms with Crippen LogP contribution in [0.3, 0.4) is 0 Å². The maximum atomic E-state index is 14.7. The molecule has 0 bridgehead atoms. The molecular formula is C30H28F4O2. The van der Waals surface area contributed by atoms with Gasteiger partial charge in [0.05, 0.1) is 0 Å². The molecule has 0 unspecified atom stereocenters. The summed E-state index contributed by atoms with van der Waals surface area (Å²) in [5.74, 6) is 1.49. The number of ether oxygens (including phenoxy) is 1. The quantitative estimate of drug-likeness (QED) is 0.113. The van der Waals surface area contributed by atoms with Crippen molar-refractivity contribution >= 4 is 16.7 Å². The highest BCUT2D eigenvalue weighted by Crippen LogP contribution is 2.32. The van der Waals surface area contributed by atoms with Gasteiger partial charge in [-0.1, -0.05) is 50.5 Å². The minimum Gasteiger partial charge on any atom is -0.423 e. The molecule has 0 heterocycles. The third kappa shape index (κ3) is 6.07. The first-order chi connectivity index (χ1) is 17.4. The number of esters is 1. The number of unbranched alkanes of at least 4 members (excludes halogenated alkanes) is 2. The van der Waals surface area contributed by atoms with Crippen LogP contribution < -0.4 is 4.74 Å². The molecule has 0 amide bonds. The Hall–Kier alpha value is -3.33. The smallest absolute Gasteiger partial charge is 0.349 e. The molecule has 1 aliphatic carbocycles. The second-order valence-corrected chi connectivity index (χ2v) is 9.43. The van der Waals surface area contributed by atoms with Gasteiger partial charge in [0.2, 0.25) is 0 Å². The van der Waals surface area contributed by atoms with E-state index in [1.807, 2.05) is 0 Å². The molecule has 188 valence electrons. The molecule has 0 saturated heterocycles. The first-order valence-corrected chi connectivity index (χ1v) is 12.5. The van der Waals surface area contributed by atoms with E-state index in [0.29, 0.717) is 0 Å². The molecular weight excluding hydrogens is 468 g/mol. The lowest BCUT2D eigenvalue weighted by Gasteiger charge is -2.25. The van der Waals surface area contributed by atoms with Gasteiger partial charge in [-0.2, -0.15) is 0 Å².